The number of nitrogens with one attached hydrogen (secondary N) is 1. The molecule has 1 aliphatic carbocycles. The second-order valence-corrected chi connectivity index (χ2v) is 9.81. The van der Waals surface area contributed by atoms with Crippen LogP contribution in [0.15, 0.2) is 48.7 Å². The number of fused-ring (bicyclic) bond motifs is 2. The molecule has 1 aliphatic heterocycles. The van der Waals surface area contributed by atoms with Crippen molar-refractivity contribution in [3.63, 3.8) is 0 Å². The average Bonchev–Trinajstić information content (AvgIpc) is 3.57. The molecule has 1 fully saturated rings. The van der Waals surface area contributed by atoms with Crippen LogP contribution in [-0.2, 0) is 17.9 Å². The summed E-state index contributed by atoms with van der Waals surface area (Å²) in [5, 5.41) is 6.29. The Kier molecular flexibility index (Phi) is 4.86. The highest BCUT2D eigenvalue weighted by Gasteiger charge is 2.33. The maximum atomic E-state index is 13.1. The highest BCUT2D eigenvalue weighted by Crippen LogP contribution is 2.38. The average molecular weight is 439 g/mol. The molecule has 0 atom stereocenters. The molecule has 0 radical (unpaired) electrons. The van der Waals surface area contributed by atoms with Gasteiger partial charge in [0.25, 0.3) is 0 Å². The van der Waals surface area contributed by atoms with Crippen molar-refractivity contribution in [2.45, 2.75) is 59.0 Å². The van der Waals surface area contributed by atoms with Crippen LogP contribution in [0.3, 0.4) is 0 Å². The van der Waals surface area contributed by atoms with Crippen molar-refractivity contribution in [2.24, 2.45) is 5.92 Å². The maximum absolute atomic E-state index is 13.1. The third kappa shape index (κ3) is 3.47. The Morgan fingerprint density at radius 2 is 1.85 bits per heavy atom. The molecule has 1 saturated carbocycles. The Labute approximate surface area is 194 Å². The minimum absolute atomic E-state index is 0.283. The first kappa shape index (κ1) is 20.3. The molecule has 2 aliphatic rings. The maximum Gasteiger partial charge on any atom is 0.223 e. The molecule has 0 bridgehead atoms. The first-order valence-corrected chi connectivity index (χ1v) is 12.1. The number of carbonyl (C=O) groups is 1. The molecular formula is C28H30N4O. The van der Waals surface area contributed by atoms with E-state index in [-0.39, 0.29) is 5.91 Å². The van der Waals surface area contributed by atoms with Crippen LogP contribution in [0.25, 0.3) is 27.8 Å². The zero-order valence-corrected chi connectivity index (χ0v) is 19.4. The van der Waals surface area contributed by atoms with Crippen molar-refractivity contribution < 1.29 is 4.79 Å². The van der Waals surface area contributed by atoms with Crippen LogP contribution in [0.2, 0.25) is 0 Å². The molecule has 4 aromatic rings. The van der Waals surface area contributed by atoms with Gasteiger partial charge in [0.1, 0.15) is 0 Å². The summed E-state index contributed by atoms with van der Waals surface area (Å²) in [6, 6.07) is 15.0. The van der Waals surface area contributed by atoms with Gasteiger partial charge in [-0.15, -0.1) is 0 Å². The molecule has 0 saturated heterocycles. The minimum atomic E-state index is 0.283. The van der Waals surface area contributed by atoms with E-state index >= 15 is 0 Å². The number of para-hydroxylation sites is 1. The lowest BCUT2D eigenvalue weighted by Crippen LogP contribution is -2.27. The number of nitrogens with zero attached hydrogens (tertiary/aromatic N) is 3. The smallest absolute Gasteiger partial charge is 0.223 e. The molecule has 5 nitrogen and oxygen atoms in total. The molecule has 168 valence electrons. The lowest BCUT2D eigenvalue weighted by Gasteiger charge is -2.20. The standard InChI is InChI=1S/C28H30N4O/c1-18-6-5-7-19(2)27(18)32-28(22-10-11-24-21(15-22)12-13-29-24)23-16-31(17-25(23)30-32)26(33)14-20-8-3-4-9-20/h5-7,10-13,15,20,29H,3-4,8-9,14,16-17H2,1-2H3. The highest BCUT2D eigenvalue weighted by molar-refractivity contribution is 5.86. The van der Waals surface area contributed by atoms with Crippen molar-refractivity contribution >= 4 is 16.8 Å². The van der Waals surface area contributed by atoms with Gasteiger partial charge in [0.15, 0.2) is 0 Å². The summed E-state index contributed by atoms with van der Waals surface area (Å²) >= 11 is 0. The largest absolute Gasteiger partial charge is 0.361 e. The van der Waals surface area contributed by atoms with E-state index in [2.05, 4.69) is 66.0 Å². The van der Waals surface area contributed by atoms with Crippen LogP contribution in [0.4, 0.5) is 0 Å². The van der Waals surface area contributed by atoms with Crippen molar-refractivity contribution in [3.8, 4) is 16.9 Å². The summed E-state index contributed by atoms with van der Waals surface area (Å²) in [6.45, 7) is 5.54. The molecule has 0 unspecified atom stereocenters. The van der Waals surface area contributed by atoms with E-state index < -0.39 is 0 Å². The van der Waals surface area contributed by atoms with Crippen molar-refractivity contribution in [3.05, 3.63) is 71.0 Å². The van der Waals surface area contributed by atoms with E-state index in [1.54, 1.807) is 0 Å². The number of H-pyrrole nitrogens is 1. The van der Waals surface area contributed by atoms with Gasteiger partial charge in [-0.25, -0.2) is 4.68 Å². The third-order valence-electron chi connectivity index (χ3n) is 7.53. The normalized spacial score (nSPS) is 16.1. The third-order valence-corrected chi connectivity index (χ3v) is 7.53. The van der Waals surface area contributed by atoms with Gasteiger partial charge in [0, 0.05) is 34.6 Å². The van der Waals surface area contributed by atoms with Crippen LogP contribution >= 0.6 is 0 Å². The summed E-state index contributed by atoms with van der Waals surface area (Å²) in [6.07, 6.45) is 7.60. The lowest BCUT2D eigenvalue weighted by atomic mass is 10.0. The Hall–Kier alpha value is -3.34. The monoisotopic (exact) mass is 438 g/mol. The van der Waals surface area contributed by atoms with Crippen molar-refractivity contribution in [1.29, 1.82) is 0 Å². The molecule has 1 N–H and O–H groups in total. The number of rotatable bonds is 4. The molecule has 2 aromatic carbocycles. The number of aromatic amines is 1. The van der Waals surface area contributed by atoms with E-state index in [0.717, 1.165) is 28.2 Å². The van der Waals surface area contributed by atoms with E-state index in [4.69, 9.17) is 5.10 Å². The number of benzene rings is 2. The van der Waals surface area contributed by atoms with E-state index in [1.807, 2.05) is 11.1 Å². The fraction of sp³-hybridized carbons (Fsp3) is 0.357. The predicted molar refractivity (Wildman–Crippen MR) is 131 cm³/mol. The number of carbonyl (C=O) groups excluding carboxylic acids is 1. The van der Waals surface area contributed by atoms with Crippen LogP contribution in [0.5, 0.6) is 0 Å². The van der Waals surface area contributed by atoms with Crippen LogP contribution < -0.4 is 0 Å². The molecule has 5 heteroatoms. The Morgan fingerprint density at radius 3 is 2.64 bits per heavy atom. The van der Waals surface area contributed by atoms with E-state index in [0.29, 0.717) is 25.4 Å². The second kappa shape index (κ2) is 7.91. The van der Waals surface area contributed by atoms with Gasteiger partial charge in [-0.05, 0) is 61.9 Å². The minimum Gasteiger partial charge on any atom is -0.361 e. The molecule has 3 heterocycles. The Morgan fingerprint density at radius 1 is 1.06 bits per heavy atom. The molecule has 0 spiro atoms. The summed E-state index contributed by atoms with van der Waals surface area (Å²) in [5.41, 5.74) is 9.14. The van der Waals surface area contributed by atoms with Gasteiger partial charge >= 0.3 is 0 Å². The van der Waals surface area contributed by atoms with Gasteiger partial charge in [-0.3, -0.25) is 4.79 Å². The van der Waals surface area contributed by atoms with Gasteiger partial charge in [-0.1, -0.05) is 37.1 Å². The fourth-order valence-corrected chi connectivity index (χ4v) is 5.78. The highest BCUT2D eigenvalue weighted by atomic mass is 16.2. The van der Waals surface area contributed by atoms with Gasteiger partial charge < -0.3 is 9.88 Å². The number of hydrogen-bond acceptors (Lipinski definition) is 2. The number of aryl methyl sites for hydroxylation is 2. The topological polar surface area (TPSA) is 53.9 Å². The van der Waals surface area contributed by atoms with Crippen LogP contribution in [0.1, 0.15) is 54.5 Å². The Bertz CT molecular complexity index is 1340. The Balaban J connectivity index is 1.43. The summed E-state index contributed by atoms with van der Waals surface area (Å²) < 4.78 is 2.13. The lowest BCUT2D eigenvalue weighted by molar-refractivity contribution is -0.132. The van der Waals surface area contributed by atoms with Gasteiger partial charge in [0.2, 0.25) is 5.91 Å². The van der Waals surface area contributed by atoms with Crippen LogP contribution in [-0.4, -0.2) is 25.6 Å². The zero-order chi connectivity index (χ0) is 22.5. The molecule has 33 heavy (non-hydrogen) atoms. The van der Waals surface area contributed by atoms with E-state index in [1.165, 1.54) is 47.8 Å². The summed E-state index contributed by atoms with van der Waals surface area (Å²) in [7, 11) is 0. The van der Waals surface area contributed by atoms with Crippen LogP contribution in [0, 0.1) is 19.8 Å². The molecule has 6 rings (SSSR count). The van der Waals surface area contributed by atoms with E-state index in [9.17, 15) is 4.79 Å². The molecule has 2 aromatic heterocycles. The fourth-order valence-electron chi connectivity index (χ4n) is 5.78. The first-order chi connectivity index (χ1) is 16.1. The molecule has 1 amide bonds. The SMILES string of the molecule is Cc1cccc(C)c1-n1nc2c(c1-c1ccc3[nH]ccc3c1)CN(C(=O)CC1CCCC1)C2. The van der Waals surface area contributed by atoms with Crippen molar-refractivity contribution in [1.82, 2.24) is 19.7 Å². The number of amides is 1. The summed E-state index contributed by atoms with van der Waals surface area (Å²) in [4.78, 5) is 18.4. The molecular weight excluding hydrogens is 408 g/mol. The second-order valence-electron chi connectivity index (χ2n) is 9.81. The number of aromatic nitrogens is 3. The summed E-state index contributed by atoms with van der Waals surface area (Å²) in [5.74, 6) is 0.848. The van der Waals surface area contributed by atoms with Crippen molar-refractivity contribution in [2.75, 3.05) is 0 Å². The zero-order valence-electron chi connectivity index (χ0n) is 19.4. The first-order valence-electron chi connectivity index (χ1n) is 12.1. The van der Waals surface area contributed by atoms with Gasteiger partial charge in [0.05, 0.1) is 30.2 Å². The quantitative estimate of drug-likeness (QED) is 0.421. The number of hydrogen-bond donors (Lipinski definition) is 1. The van der Waals surface area contributed by atoms with Gasteiger partial charge in [-0.2, -0.15) is 5.10 Å². The predicted octanol–water partition coefficient (Wildman–Crippen LogP) is 6.06.